The predicted molar refractivity (Wildman–Crippen MR) is 114 cm³/mol. The van der Waals surface area contributed by atoms with Gasteiger partial charge in [-0.3, -0.25) is 4.98 Å². The van der Waals surface area contributed by atoms with Crippen LogP contribution in [0.25, 0.3) is 11.7 Å². The van der Waals surface area contributed by atoms with Crippen LogP contribution in [-0.2, 0) is 6.42 Å². The average Bonchev–Trinajstić information content (AvgIpc) is 3.29. The Hall–Kier alpha value is -3.99. The van der Waals surface area contributed by atoms with Gasteiger partial charge in [-0.15, -0.1) is 0 Å². The van der Waals surface area contributed by atoms with Gasteiger partial charge in [-0.05, 0) is 30.0 Å². The standard InChI is InChI=1S/C21H20N8O3/c30-15-8-10-3-1-2-4-13(10)16(15)25-19-26-17-11(7-14-18(31)27-21(32)24-14)9-22-29(17)20(28-19)23-12-5-6-12/h1-4,7,9,12,15-16,30-31H,5-6,8H2,(H,23,25,28)(H2,24,27,32). The Morgan fingerprint density at radius 2 is 2.06 bits per heavy atom. The zero-order valence-electron chi connectivity index (χ0n) is 16.9. The van der Waals surface area contributed by atoms with Crippen LogP contribution < -0.4 is 21.8 Å². The highest BCUT2D eigenvalue weighted by molar-refractivity contribution is 5.57. The molecule has 6 rings (SSSR count). The van der Waals surface area contributed by atoms with E-state index in [1.165, 1.54) is 4.52 Å². The molecule has 2 aliphatic rings. The normalized spacial score (nSPS) is 21.4. The first-order valence-corrected chi connectivity index (χ1v) is 10.4. The first-order valence-electron chi connectivity index (χ1n) is 10.4. The van der Waals surface area contributed by atoms with E-state index >= 15 is 0 Å². The summed E-state index contributed by atoms with van der Waals surface area (Å²) in [6, 6.07) is 7.76. The molecule has 0 radical (unpaired) electrons. The van der Waals surface area contributed by atoms with Crippen LogP contribution in [0.1, 0.15) is 35.7 Å². The van der Waals surface area contributed by atoms with Crippen LogP contribution in [0.15, 0.2) is 40.2 Å². The fraction of sp³-hybridized carbons (Fsp3) is 0.286. The topological polar surface area (TPSA) is 157 Å². The molecule has 2 aliphatic carbocycles. The second-order valence-electron chi connectivity index (χ2n) is 8.12. The SMILES string of the molecule is O=c1[nH]c(O)c(C=c2cnn3c(=NC4CC4)nc(NC4c5ccccc5CC4O)nc23)[nH]1. The Labute approximate surface area is 180 Å². The van der Waals surface area contributed by atoms with Gasteiger partial charge in [0.25, 0.3) is 5.62 Å². The second kappa shape index (κ2) is 7.02. The van der Waals surface area contributed by atoms with Crippen molar-refractivity contribution in [1.82, 2.24) is 29.5 Å². The maximum absolute atomic E-state index is 11.5. The third-order valence-electron chi connectivity index (χ3n) is 5.75. The number of aromatic nitrogens is 6. The Morgan fingerprint density at radius 3 is 2.84 bits per heavy atom. The molecule has 0 spiro atoms. The molecule has 4 aromatic rings. The lowest BCUT2D eigenvalue weighted by Gasteiger charge is -2.17. The van der Waals surface area contributed by atoms with Crippen molar-refractivity contribution < 1.29 is 10.2 Å². The molecule has 11 heteroatoms. The molecule has 5 N–H and O–H groups in total. The average molecular weight is 432 g/mol. The summed E-state index contributed by atoms with van der Waals surface area (Å²) < 4.78 is 1.54. The summed E-state index contributed by atoms with van der Waals surface area (Å²) in [7, 11) is 0. The van der Waals surface area contributed by atoms with E-state index in [9.17, 15) is 15.0 Å². The van der Waals surface area contributed by atoms with Gasteiger partial charge in [0.1, 0.15) is 5.69 Å². The number of rotatable bonds is 4. The van der Waals surface area contributed by atoms with E-state index in [-0.39, 0.29) is 23.7 Å². The van der Waals surface area contributed by atoms with E-state index in [1.54, 1.807) is 12.3 Å². The number of anilines is 1. The van der Waals surface area contributed by atoms with E-state index in [2.05, 4.69) is 35.3 Å². The third-order valence-corrected chi connectivity index (χ3v) is 5.75. The molecular weight excluding hydrogens is 412 g/mol. The van der Waals surface area contributed by atoms with Gasteiger partial charge in [-0.2, -0.15) is 19.6 Å². The Bertz CT molecular complexity index is 1510. The molecule has 3 aromatic heterocycles. The molecule has 0 aliphatic heterocycles. The number of aliphatic hydroxyl groups is 1. The van der Waals surface area contributed by atoms with Gasteiger partial charge in [0.05, 0.1) is 24.4 Å². The molecule has 0 bridgehead atoms. The fourth-order valence-electron chi connectivity index (χ4n) is 4.03. The summed E-state index contributed by atoms with van der Waals surface area (Å²) in [6.45, 7) is 0. The van der Waals surface area contributed by atoms with E-state index in [4.69, 9.17) is 0 Å². The van der Waals surface area contributed by atoms with Crippen LogP contribution in [0.2, 0.25) is 0 Å². The van der Waals surface area contributed by atoms with Crippen LogP contribution in [0.5, 0.6) is 5.88 Å². The van der Waals surface area contributed by atoms with Crippen molar-refractivity contribution in [2.24, 2.45) is 4.99 Å². The van der Waals surface area contributed by atoms with Gasteiger partial charge in [-0.1, -0.05) is 24.3 Å². The minimum atomic E-state index is -0.603. The van der Waals surface area contributed by atoms with Gasteiger partial charge < -0.3 is 20.5 Å². The van der Waals surface area contributed by atoms with Gasteiger partial charge in [0.2, 0.25) is 11.8 Å². The fourth-order valence-corrected chi connectivity index (χ4v) is 4.03. The quantitative estimate of drug-likeness (QED) is 0.292. The number of hydrogen-bond acceptors (Lipinski definition) is 8. The maximum atomic E-state index is 11.5. The Morgan fingerprint density at radius 1 is 1.22 bits per heavy atom. The molecule has 0 amide bonds. The van der Waals surface area contributed by atoms with Gasteiger partial charge in [-0.25, -0.2) is 9.79 Å². The summed E-state index contributed by atoms with van der Waals surface area (Å²) in [5.41, 5.74) is 2.68. The van der Waals surface area contributed by atoms with Crippen LogP contribution in [-0.4, -0.2) is 51.9 Å². The largest absolute Gasteiger partial charge is 0.493 e. The third kappa shape index (κ3) is 3.23. The molecule has 32 heavy (non-hydrogen) atoms. The number of aromatic amines is 2. The number of H-pyrrole nitrogens is 2. The van der Waals surface area contributed by atoms with Crippen molar-refractivity contribution in [3.63, 3.8) is 0 Å². The van der Waals surface area contributed by atoms with E-state index in [1.807, 2.05) is 24.3 Å². The number of hydrogen-bond donors (Lipinski definition) is 5. The molecule has 1 aromatic carbocycles. The van der Waals surface area contributed by atoms with Crippen LogP contribution in [0.4, 0.5) is 5.95 Å². The molecule has 2 unspecified atom stereocenters. The highest BCUT2D eigenvalue weighted by Crippen LogP contribution is 2.33. The number of imidazole rings is 1. The zero-order chi connectivity index (χ0) is 21.8. The number of nitrogens with one attached hydrogen (secondary N) is 3. The lowest BCUT2D eigenvalue weighted by molar-refractivity contribution is 0.165. The number of nitrogens with zero attached hydrogens (tertiary/aromatic N) is 5. The van der Waals surface area contributed by atoms with E-state index in [0.29, 0.717) is 28.9 Å². The summed E-state index contributed by atoms with van der Waals surface area (Å²) in [5, 5.41) is 28.7. The molecule has 2 atom stereocenters. The molecule has 11 nitrogen and oxygen atoms in total. The lowest BCUT2D eigenvalue weighted by atomic mass is 10.1. The number of benzene rings is 1. The van der Waals surface area contributed by atoms with Crippen LogP contribution in [0.3, 0.4) is 0 Å². The molecule has 1 fully saturated rings. The van der Waals surface area contributed by atoms with Crippen molar-refractivity contribution in [2.75, 3.05) is 5.32 Å². The predicted octanol–water partition coefficient (Wildman–Crippen LogP) is -0.473. The van der Waals surface area contributed by atoms with Gasteiger partial charge in [0.15, 0.2) is 5.65 Å². The zero-order valence-corrected chi connectivity index (χ0v) is 16.9. The van der Waals surface area contributed by atoms with Crippen LogP contribution >= 0.6 is 0 Å². The maximum Gasteiger partial charge on any atom is 0.326 e. The molecule has 0 saturated heterocycles. The molecular formula is C21H20N8O3. The monoisotopic (exact) mass is 432 g/mol. The minimum Gasteiger partial charge on any atom is -0.493 e. The first-order chi connectivity index (χ1) is 15.5. The lowest BCUT2D eigenvalue weighted by Crippen LogP contribution is -2.28. The summed E-state index contributed by atoms with van der Waals surface area (Å²) >= 11 is 0. The van der Waals surface area contributed by atoms with Crippen molar-refractivity contribution in [1.29, 1.82) is 0 Å². The summed E-state index contributed by atoms with van der Waals surface area (Å²) in [6.07, 6.45) is 5.11. The van der Waals surface area contributed by atoms with Crippen LogP contribution in [0, 0.1) is 0 Å². The van der Waals surface area contributed by atoms with Gasteiger partial charge >= 0.3 is 5.69 Å². The number of aromatic hydroxyl groups is 1. The first kappa shape index (κ1) is 18.8. The molecule has 3 heterocycles. The molecule has 162 valence electrons. The minimum absolute atomic E-state index is 0.209. The van der Waals surface area contributed by atoms with Crippen molar-refractivity contribution in [2.45, 2.75) is 37.5 Å². The van der Waals surface area contributed by atoms with Crippen molar-refractivity contribution in [3.8, 4) is 5.88 Å². The van der Waals surface area contributed by atoms with E-state index in [0.717, 1.165) is 24.0 Å². The highest BCUT2D eigenvalue weighted by atomic mass is 16.3. The van der Waals surface area contributed by atoms with E-state index < -0.39 is 11.8 Å². The smallest absolute Gasteiger partial charge is 0.326 e. The Balaban J connectivity index is 1.49. The van der Waals surface area contributed by atoms with Crippen molar-refractivity contribution >= 4 is 17.7 Å². The number of aliphatic hydroxyl groups excluding tert-OH is 1. The summed E-state index contributed by atoms with van der Waals surface area (Å²) in [4.78, 5) is 30.1. The Kier molecular flexibility index (Phi) is 4.12. The van der Waals surface area contributed by atoms with Crippen molar-refractivity contribution in [3.05, 3.63) is 68.6 Å². The number of fused-ring (bicyclic) bond motifs is 2. The molecule has 1 saturated carbocycles. The highest BCUT2D eigenvalue weighted by Gasteiger charge is 2.31. The second-order valence-corrected chi connectivity index (χ2v) is 8.12. The van der Waals surface area contributed by atoms with Gasteiger partial charge in [0, 0.05) is 11.6 Å². The summed E-state index contributed by atoms with van der Waals surface area (Å²) in [5.74, 6) is 0.0509.